The van der Waals surface area contributed by atoms with Gasteiger partial charge in [0, 0.05) is 18.6 Å². The van der Waals surface area contributed by atoms with Gasteiger partial charge in [0.1, 0.15) is 0 Å². The first-order chi connectivity index (χ1) is 13.1. The van der Waals surface area contributed by atoms with E-state index in [9.17, 15) is 10.2 Å². The monoisotopic (exact) mass is 360 g/mol. The summed E-state index contributed by atoms with van der Waals surface area (Å²) in [6.45, 7) is 0.969. The molecule has 1 aliphatic heterocycles. The first-order valence-corrected chi connectivity index (χ1v) is 9.28. The molecule has 0 aromatic heterocycles. The topological polar surface area (TPSA) is 69.7 Å². The molecule has 4 heteroatoms. The average Bonchev–Trinajstić information content (AvgIpc) is 2.68. The standard InChI is InChI=1S/C23H24N2O2/c24-22(18-11-12-20(26)21(27)15-18)19-13-14-25(19)23(16-7-3-1-4-8-16)17-9-5-2-6-10-17/h1-12,15,19,22-23,26-27H,13-14,24H2. The Kier molecular flexibility index (Phi) is 4.84. The van der Waals surface area contributed by atoms with Crippen molar-refractivity contribution in [2.45, 2.75) is 24.5 Å². The summed E-state index contributed by atoms with van der Waals surface area (Å²) >= 11 is 0. The summed E-state index contributed by atoms with van der Waals surface area (Å²) in [6, 6.07) is 25.9. The summed E-state index contributed by atoms with van der Waals surface area (Å²) in [5, 5.41) is 19.4. The maximum atomic E-state index is 9.83. The fourth-order valence-corrected chi connectivity index (χ4v) is 3.95. The normalized spacial score (nSPS) is 18.2. The molecular formula is C23H24N2O2. The smallest absolute Gasteiger partial charge is 0.157 e. The highest BCUT2D eigenvalue weighted by molar-refractivity contribution is 5.42. The maximum Gasteiger partial charge on any atom is 0.157 e. The van der Waals surface area contributed by atoms with Crippen LogP contribution >= 0.6 is 0 Å². The zero-order valence-corrected chi connectivity index (χ0v) is 15.1. The van der Waals surface area contributed by atoms with Gasteiger partial charge in [-0.3, -0.25) is 4.90 Å². The van der Waals surface area contributed by atoms with E-state index in [0.717, 1.165) is 18.5 Å². The van der Waals surface area contributed by atoms with Crippen molar-refractivity contribution in [1.82, 2.24) is 4.90 Å². The number of nitrogens with two attached hydrogens (primary N) is 1. The predicted molar refractivity (Wildman–Crippen MR) is 107 cm³/mol. The first-order valence-electron chi connectivity index (χ1n) is 9.28. The lowest BCUT2D eigenvalue weighted by Gasteiger charge is -2.49. The van der Waals surface area contributed by atoms with Crippen molar-refractivity contribution in [2.24, 2.45) is 5.73 Å². The number of hydrogen-bond acceptors (Lipinski definition) is 4. The van der Waals surface area contributed by atoms with Crippen LogP contribution < -0.4 is 5.73 Å². The van der Waals surface area contributed by atoms with E-state index in [4.69, 9.17) is 5.73 Å². The van der Waals surface area contributed by atoms with E-state index >= 15 is 0 Å². The molecule has 0 bridgehead atoms. The fraction of sp³-hybridized carbons (Fsp3) is 0.217. The Morgan fingerprint density at radius 1 is 0.778 bits per heavy atom. The fourth-order valence-electron chi connectivity index (χ4n) is 3.95. The van der Waals surface area contributed by atoms with Gasteiger partial charge in [-0.25, -0.2) is 0 Å². The van der Waals surface area contributed by atoms with Gasteiger partial charge in [-0.2, -0.15) is 0 Å². The molecule has 3 aromatic carbocycles. The van der Waals surface area contributed by atoms with Gasteiger partial charge in [0.2, 0.25) is 0 Å². The molecule has 1 saturated heterocycles. The lowest BCUT2D eigenvalue weighted by atomic mass is 9.85. The third-order valence-electron chi connectivity index (χ3n) is 5.47. The van der Waals surface area contributed by atoms with E-state index in [0.29, 0.717) is 0 Å². The minimum atomic E-state index is -0.236. The van der Waals surface area contributed by atoms with Crippen LogP contribution in [0.15, 0.2) is 78.9 Å². The molecule has 1 fully saturated rings. The Labute approximate surface area is 159 Å². The second-order valence-electron chi connectivity index (χ2n) is 7.09. The van der Waals surface area contributed by atoms with E-state index in [2.05, 4.69) is 53.4 Å². The Hall–Kier alpha value is -2.82. The molecule has 1 heterocycles. The van der Waals surface area contributed by atoms with Crippen LogP contribution in [0.5, 0.6) is 11.5 Å². The number of hydrogen-bond donors (Lipinski definition) is 3. The zero-order chi connectivity index (χ0) is 18.8. The highest BCUT2D eigenvalue weighted by Crippen LogP contribution is 2.40. The highest BCUT2D eigenvalue weighted by atomic mass is 16.3. The molecule has 138 valence electrons. The molecule has 0 radical (unpaired) electrons. The molecule has 3 aromatic rings. The third kappa shape index (κ3) is 3.42. The van der Waals surface area contributed by atoms with E-state index < -0.39 is 0 Å². The molecule has 2 unspecified atom stereocenters. The van der Waals surface area contributed by atoms with Gasteiger partial charge in [-0.15, -0.1) is 0 Å². The molecule has 4 rings (SSSR count). The summed E-state index contributed by atoms with van der Waals surface area (Å²) in [5.74, 6) is -0.251. The van der Waals surface area contributed by atoms with Crippen molar-refractivity contribution in [3.8, 4) is 11.5 Å². The van der Waals surface area contributed by atoms with E-state index in [1.54, 1.807) is 12.1 Å². The summed E-state index contributed by atoms with van der Waals surface area (Å²) in [4.78, 5) is 2.43. The summed E-state index contributed by atoms with van der Waals surface area (Å²) in [7, 11) is 0. The van der Waals surface area contributed by atoms with Gasteiger partial charge in [0.05, 0.1) is 6.04 Å². The summed E-state index contributed by atoms with van der Waals surface area (Å²) in [6.07, 6.45) is 0.999. The minimum absolute atomic E-state index is 0.122. The average molecular weight is 360 g/mol. The van der Waals surface area contributed by atoms with Gasteiger partial charge in [0.25, 0.3) is 0 Å². The quantitative estimate of drug-likeness (QED) is 0.602. The molecule has 0 amide bonds. The van der Waals surface area contributed by atoms with Crippen LogP contribution in [0.3, 0.4) is 0 Å². The molecular weight excluding hydrogens is 336 g/mol. The second-order valence-corrected chi connectivity index (χ2v) is 7.09. The molecule has 2 atom stereocenters. The molecule has 4 nitrogen and oxygen atoms in total. The van der Waals surface area contributed by atoms with Crippen molar-refractivity contribution in [3.63, 3.8) is 0 Å². The zero-order valence-electron chi connectivity index (χ0n) is 15.1. The van der Waals surface area contributed by atoms with Crippen molar-refractivity contribution >= 4 is 0 Å². The lowest BCUT2D eigenvalue weighted by Crippen LogP contribution is -2.54. The van der Waals surface area contributed by atoms with Crippen molar-refractivity contribution in [3.05, 3.63) is 95.6 Å². The molecule has 4 N–H and O–H groups in total. The Morgan fingerprint density at radius 3 is 1.85 bits per heavy atom. The first kappa shape index (κ1) is 17.6. The highest BCUT2D eigenvalue weighted by Gasteiger charge is 2.39. The minimum Gasteiger partial charge on any atom is -0.504 e. The number of benzene rings is 3. The summed E-state index contributed by atoms with van der Waals surface area (Å²) < 4.78 is 0. The van der Waals surface area contributed by atoms with Crippen LogP contribution in [-0.2, 0) is 0 Å². The maximum absolute atomic E-state index is 9.83. The largest absolute Gasteiger partial charge is 0.504 e. The number of likely N-dealkylation sites (tertiary alicyclic amines) is 1. The Bertz CT molecular complexity index is 859. The lowest BCUT2D eigenvalue weighted by molar-refractivity contribution is 0.0392. The van der Waals surface area contributed by atoms with Crippen LogP contribution in [0, 0.1) is 0 Å². The number of nitrogens with zero attached hydrogens (tertiary/aromatic N) is 1. The van der Waals surface area contributed by atoms with E-state index in [1.807, 2.05) is 12.1 Å². The van der Waals surface area contributed by atoms with Gasteiger partial charge >= 0.3 is 0 Å². The van der Waals surface area contributed by atoms with Gasteiger partial charge in [-0.05, 0) is 35.2 Å². The van der Waals surface area contributed by atoms with Crippen molar-refractivity contribution in [1.29, 1.82) is 0 Å². The third-order valence-corrected chi connectivity index (χ3v) is 5.47. The molecule has 0 spiro atoms. The van der Waals surface area contributed by atoms with E-state index in [-0.39, 0.29) is 29.6 Å². The van der Waals surface area contributed by atoms with Gasteiger partial charge in [0.15, 0.2) is 11.5 Å². The van der Waals surface area contributed by atoms with E-state index in [1.165, 1.54) is 17.2 Å². The van der Waals surface area contributed by atoms with Crippen LogP contribution in [0.4, 0.5) is 0 Å². The predicted octanol–water partition coefficient (Wildman–Crippen LogP) is 3.96. The van der Waals surface area contributed by atoms with Crippen molar-refractivity contribution in [2.75, 3.05) is 6.54 Å². The number of rotatable bonds is 5. The SMILES string of the molecule is NC(c1ccc(O)c(O)c1)C1CCN1C(c1ccccc1)c1ccccc1. The van der Waals surface area contributed by atoms with Crippen molar-refractivity contribution < 1.29 is 10.2 Å². The van der Waals surface area contributed by atoms with Crippen LogP contribution in [0.25, 0.3) is 0 Å². The molecule has 0 aliphatic carbocycles. The molecule has 0 saturated carbocycles. The second kappa shape index (κ2) is 7.43. The Balaban J connectivity index is 1.65. The number of aromatic hydroxyl groups is 2. The van der Waals surface area contributed by atoms with Crippen LogP contribution in [0.1, 0.15) is 35.2 Å². The number of phenols is 2. The summed E-state index contributed by atoms with van der Waals surface area (Å²) in [5.41, 5.74) is 9.89. The molecule has 27 heavy (non-hydrogen) atoms. The molecule has 1 aliphatic rings. The van der Waals surface area contributed by atoms with Crippen LogP contribution in [-0.4, -0.2) is 27.7 Å². The number of phenolic OH excluding ortho intramolecular Hbond substituents is 2. The van der Waals surface area contributed by atoms with Gasteiger partial charge < -0.3 is 15.9 Å². The van der Waals surface area contributed by atoms with Gasteiger partial charge in [-0.1, -0.05) is 66.7 Å². The Morgan fingerprint density at radius 2 is 1.37 bits per heavy atom. The van der Waals surface area contributed by atoms with Crippen LogP contribution in [0.2, 0.25) is 0 Å².